The normalized spacial score (nSPS) is 11.6. The summed E-state index contributed by atoms with van der Waals surface area (Å²) in [5.74, 6) is 2.84. The molecule has 1 aromatic heterocycles. The van der Waals surface area contributed by atoms with Gasteiger partial charge < -0.3 is 9.15 Å². The van der Waals surface area contributed by atoms with E-state index in [1.807, 2.05) is 68.5 Å². The van der Waals surface area contributed by atoms with Crippen LogP contribution in [0.3, 0.4) is 0 Å². The molecule has 0 aliphatic rings. The average molecular weight is 368 g/mol. The van der Waals surface area contributed by atoms with Crippen LogP contribution in [0.1, 0.15) is 23.9 Å². The molecule has 0 saturated heterocycles. The Hall–Kier alpha value is -2.52. The molecule has 134 valence electrons. The van der Waals surface area contributed by atoms with Crippen LogP contribution in [0.4, 0.5) is 0 Å². The molecule has 3 aromatic rings. The highest BCUT2D eigenvalue weighted by atomic mass is 35.5. The van der Waals surface area contributed by atoms with E-state index < -0.39 is 0 Å². The predicted octanol–water partition coefficient (Wildman–Crippen LogP) is 5.91. The molecule has 0 radical (unpaired) electrons. The molecule has 0 spiro atoms. The van der Waals surface area contributed by atoms with Crippen LogP contribution in [-0.4, -0.2) is 17.5 Å². The largest absolute Gasteiger partial charge is 0.493 e. The van der Waals surface area contributed by atoms with Gasteiger partial charge in [-0.25, -0.2) is 4.98 Å². The van der Waals surface area contributed by atoms with Crippen LogP contribution in [0.25, 0.3) is 17.0 Å². The SMILES string of the molecule is C/C(=C\CCl)c1cccc(OCCc2nc(-c3ccccc3)oc2C)c1. The molecule has 0 aliphatic heterocycles. The lowest BCUT2D eigenvalue weighted by atomic mass is 10.1. The molecule has 0 amide bonds. The Morgan fingerprint density at radius 1 is 1.15 bits per heavy atom. The van der Waals surface area contributed by atoms with Gasteiger partial charge in [-0.05, 0) is 49.2 Å². The van der Waals surface area contributed by atoms with Crippen LogP contribution in [0.15, 0.2) is 65.1 Å². The summed E-state index contributed by atoms with van der Waals surface area (Å²) in [7, 11) is 0. The lowest BCUT2D eigenvalue weighted by Gasteiger charge is -2.08. The summed E-state index contributed by atoms with van der Waals surface area (Å²) >= 11 is 5.78. The van der Waals surface area contributed by atoms with Crippen molar-refractivity contribution in [1.29, 1.82) is 0 Å². The zero-order valence-corrected chi connectivity index (χ0v) is 15.8. The van der Waals surface area contributed by atoms with Crippen molar-refractivity contribution in [3.63, 3.8) is 0 Å². The predicted molar refractivity (Wildman–Crippen MR) is 107 cm³/mol. The first-order chi connectivity index (χ1) is 12.7. The number of benzene rings is 2. The van der Waals surface area contributed by atoms with Crippen molar-refractivity contribution < 1.29 is 9.15 Å². The van der Waals surface area contributed by atoms with Crippen molar-refractivity contribution in [2.24, 2.45) is 0 Å². The van der Waals surface area contributed by atoms with Crippen molar-refractivity contribution in [3.8, 4) is 17.2 Å². The fraction of sp³-hybridized carbons (Fsp3) is 0.227. The van der Waals surface area contributed by atoms with Crippen LogP contribution in [0.5, 0.6) is 5.75 Å². The highest BCUT2D eigenvalue weighted by molar-refractivity contribution is 6.19. The average Bonchev–Trinajstić information content (AvgIpc) is 3.04. The number of allylic oxidation sites excluding steroid dienone is 2. The second-order valence-corrected chi connectivity index (χ2v) is 6.36. The van der Waals surface area contributed by atoms with Gasteiger partial charge in [0.15, 0.2) is 0 Å². The van der Waals surface area contributed by atoms with Gasteiger partial charge in [-0.1, -0.05) is 36.4 Å². The Kier molecular flexibility index (Phi) is 6.13. The summed E-state index contributed by atoms with van der Waals surface area (Å²) in [6, 6.07) is 18.0. The Morgan fingerprint density at radius 2 is 1.96 bits per heavy atom. The van der Waals surface area contributed by atoms with Gasteiger partial charge in [0.1, 0.15) is 11.5 Å². The zero-order chi connectivity index (χ0) is 18.4. The van der Waals surface area contributed by atoms with Gasteiger partial charge in [-0.15, -0.1) is 11.6 Å². The topological polar surface area (TPSA) is 35.3 Å². The summed E-state index contributed by atoms with van der Waals surface area (Å²) in [5, 5.41) is 0. The van der Waals surface area contributed by atoms with Crippen molar-refractivity contribution in [1.82, 2.24) is 4.98 Å². The number of alkyl halides is 1. The van der Waals surface area contributed by atoms with Crippen LogP contribution >= 0.6 is 11.6 Å². The van der Waals surface area contributed by atoms with E-state index in [0.29, 0.717) is 24.8 Å². The maximum atomic E-state index is 5.91. The minimum atomic E-state index is 0.506. The third-order valence-electron chi connectivity index (χ3n) is 4.19. The number of hydrogen-bond donors (Lipinski definition) is 0. The molecule has 3 rings (SSSR count). The molecule has 26 heavy (non-hydrogen) atoms. The van der Waals surface area contributed by atoms with Gasteiger partial charge in [0.25, 0.3) is 0 Å². The Balaban J connectivity index is 1.63. The number of aromatic nitrogens is 1. The standard InChI is InChI=1S/C22H22ClNO2/c1-16(11-13-23)19-9-6-10-20(15-19)25-14-12-21-17(2)26-22(24-21)18-7-4-3-5-8-18/h3-11,15H,12-14H2,1-2H3/b16-11+. The number of ether oxygens (including phenoxy) is 1. The number of rotatable bonds is 7. The van der Waals surface area contributed by atoms with Crippen molar-refractivity contribution >= 4 is 17.2 Å². The van der Waals surface area contributed by atoms with E-state index in [1.165, 1.54) is 0 Å². The smallest absolute Gasteiger partial charge is 0.226 e. The summed E-state index contributed by atoms with van der Waals surface area (Å²) < 4.78 is 11.7. The molecule has 3 nitrogen and oxygen atoms in total. The number of hydrogen-bond acceptors (Lipinski definition) is 3. The van der Waals surface area contributed by atoms with Gasteiger partial charge in [0.05, 0.1) is 12.3 Å². The van der Waals surface area contributed by atoms with Crippen LogP contribution in [0, 0.1) is 6.92 Å². The third-order valence-corrected chi connectivity index (χ3v) is 4.35. The van der Waals surface area contributed by atoms with Crippen molar-refractivity contribution in [2.75, 3.05) is 12.5 Å². The van der Waals surface area contributed by atoms with E-state index >= 15 is 0 Å². The zero-order valence-electron chi connectivity index (χ0n) is 15.0. The molecule has 0 N–H and O–H groups in total. The molecule has 1 heterocycles. The molecule has 0 aliphatic carbocycles. The molecule has 4 heteroatoms. The van der Waals surface area contributed by atoms with E-state index in [4.69, 9.17) is 20.8 Å². The van der Waals surface area contributed by atoms with E-state index in [-0.39, 0.29) is 0 Å². The van der Waals surface area contributed by atoms with E-state index in [2.05, 4.69) is 11.1 Å². The van der Waals surface area contributed by atoms with Crippen molar-refractivity contribution in [2.45, 2.75) is 20.3 Å². The fourth-order valence-corrected chi connectivity index (χ4v) is 2.93. The lowest BCUT2D eigenvalue weighted by molar-refractivity contribution is 0.320. The van der Waals surface area contributed by atoms with Gasteiger partial charge in [0.2, 0.25) is 5.89 Å². The molecule has 0 fully saturated rings. The summed E-state index contributed by atoms with van der Waals surface area (Å²) in [6.45, 7) is 4.53. The minimum absolute atomic E-state index is 0.506. The summed E-state index contributed by atoms with van der Waals surface area (Å²) in [6.07, 6.45) is 2.69. The minimum Gasteiger partial charge on any atom is -0.493 e. The summed E-state index contributed by atoms with van der Waals surface area (Å²) in [5.41, 5.74) is 4.17. The number of nitrogens with zero attached hydrogens (tertiary/aromatic N) is 1. The van der Waals surface area contributed by atoms with Gasteiger partial charge in [-0.2, -0.15) is 0 Å². The maximum absolute atomic E-state index is 5.91. The van der Waals surface area contributed by atoms with Crippen LogP contribution in [-0.2, 0) is 6.42 Å². The first kappa shape index (κ1) is 18.3. The molecule has 0 saturated carbocycles. The van der Waals surface area contributed by atoms with E-state index in [1.54, 1.807) is 0 Å². The Morgan fingerprint density at radius 3 is 2.73 bits per heavy atom. The van der Waals surface area contributed by atoms with Crippen LogP contribution < -0.4 is 4.74 Å². The molecular weight excluding hydrogens is 346 g/mol. The van der Waals surface area contributed by atoms with E-state index in [0.717, 1.165) is 33.9 Å². The molecular formula is C22H22ClNO2. The van der Waals surface area contributed by atoms with Gasteiger partial charge in [0, 0.05) is 17.9 Å². The number of oxazole rings is 1. The molecule has 0 bridgehead atoms. The second kappa shape index (κ2) is 8.72. The number of halogens is 1. The number of aryl methyl sites for hydroxylation is 1. The fourth-order valence-electron chi connectivity index (χ4n) is 2.69. The first-order valence-corrected chi connectivity index (χ1v) is 9.18. The monoisotopic (exact) mass is 367 g/mol. The molecule has 2 aromatic carbocycles. The van der Waals surface area contributed by atoms with E-state index in [9.17, 15) is 0 Å². The van der Waals surface area contributed by atoms with Gasteiger partial charge in [-0.3, -0.25) is 0 Å². The molecule has 0 atom stereocenters. The lowest BCUT2D eigenvalue weighted by Crippen LogP contribution is -2.03. The third kappa shape index (κ3) is 4.55. The summed E-state index contributed by atoms with van der Waals surface area (Å²) in [4.78, 5) is 4.61. The van der Waals surface area contributed by atoms with Crippen LogP contribution in [0.2, 0.25) is 0 Å². The quantitative estimate of drug-likeness (QED) is 0.486. The maximum Gasteiger partial charge on any atom is 0.226 e. The first-order valence-electron chi connectivity index (χ1n) is 8.65. The Bertz CT molecular complexity index is 884. The molecule has 0 unspecified atom stereocenters. The Labute approximate surface area is 159 Å². The highest BCUT2D eigenvalue weighted by Crippen LogP contribution is 2.23. The van der Waals surface area contributed by atoms with Gasteiger partial charge >= 0.3 is 0 Å². The van der Waals surface area contributed by atoms with Crippen molar-refractivity contribution in [3.05, 3.63) is 77.7 Å². The highest BCUT2D eigenvalue weighted by Gasteiger charge is 2.11. The second-order valence-electron chi connectivity index (χ2n) is 6.06.